The Morgan fingerprint density at radius 2 is 1.43 bits per heavy atom. The topological polar surface area (TPSA) is 155 Å². The summed E-state index contributed by atoms with van der Waals surface area (Å²) in [6.45, 7) is 17.8. The van der Waals surface area contributed by atoms with Crippen LogP contribution in [0.2, 0.25) is 0 Å². The average molecular weight is 867 g/mol. The lowest BCUT2D eigenvalue weighted by Gasteiger charge is -2.54. The Kier molecular flexibility index (Phi) is 22.3. The molecule has 6 unspecified atom stereocenters. The number of rotatable bonds is 27. The molecule has 60 heavy (non-hydrogen) atoms. The second-order valence-corrected chi connectivity index (χ2v) is 22.5. The number of carbonyl (C=O) groups excluding carboxylic acids is 3. The molecule has 0 saturated heterocycles. The summed E-state index contributed by atoms with van der Waals surface area (Å²) in [4.78, 5) is 46.5. The van der Waals surface area contributed by atoms with E-state index in [1.807, 2.05) is 21.1 Å². The van der Waals surface area contributed by atoms with E-state index in [0.717, 1.165) is 49.0 Å². The van der Waals surface area contributed by atoms with Crippen LogP contribution in [0.1, 0.15) is 157 Å². The Balaban J connectivity index is 1.21. The van der Waals surface area contributed by atoms with E-state index < -0.39 is 7.82 Å². The third-order valence-electron chi connectivity index (χ3n) is 14.1. The fraction of sp³-hybridized carbons (Fsp3) is 0.894. The molecule has 2 saturated carbocycles. The van der Waals surface area contributed by atoms with Crippen LogP contribution in [-0.2, 0) is 28.0 Å². The molecule has 3 rings (SSSR count). The monoisotopic (exact) mass is 867 g/mol. The fourth-order valence-corrected chi connectivity index (χ4v) is 11.1. The molecule has 348 valence electrons. The van der Waals surface area contributed by atoms with E-state index in [-0.39, 0.29) is 56.9 Å². The highest BCUT2D eigenvalue weighted by Gasteiger charge is 2.48. The van der Waals surface area contributed by atoms with Crippen molar-refractivity contribution in [1.82, 2.24) is 21.3 Å². The summed E-state index contributed by atoms with van der Waals surface area (Å²) in [5.74, 6) is 3.65. The normalized spacial score (nSPS) is 25.8. The summed E-state index contributed by atoms with van der Waals surface area (Å²) in [5, 5.41) is 12.3. The van der Waals surface area contributed by atoms with Gasteiger partial charge >= 0.3 is 7.82 Å². The number of hydrogen-bond donors (Lipinski definition) is 5. The number of phosphoric acid groups is 1. The van der Waals surface area contributed by atoms with Crippen LogP contribution in [0.15, 0.2) is 11.6 Å². The molecule has 7 atom stereocenters. The molecular weight excluding hydrogens is 778 g/mol. The average Bonchev–Trinajstić information content (AvgIpc) is 3.14. The summed E-state index contributed by atoms with van der Waals surface area (Å²) in [5.41, 5.74) is 2.44. The number of nitrogens with zero attached hydrogens (tertiary/aromatic N) is 1. The Morgan fingerprint density at radius 1 is 0.783 bits per heavy atom. The van der Waals surface area contributed by atoms with Crippen molar-refractivity contribution in [1.29, 1.82) is 0 Å². The zero-order valence-corrected chi connectivity index (χ0v) is 40.4. The summed E-state index contributed by atoms with van der Waals surface area (Å²) in [7, 11) is 1.82. The van der Waals surface area contributed by atoms with Crippen LogP contribution < -0.4 is 21.3 Å². The molecule has 0 aromatic carbocycles. The molecule has 13 heteroatoms. The van der Waals surface area contributed by atoms with Crippen LogP contribution in [0.5, 0.6) is 0 Å². The van der Waals surface area contributed by atoms with E-state index in [0.29, 0.717) is 60.1 Å². The first kappa shape index (κ1) is 52.5. The molecule has 2 fully saturated rings. The van der Waals surface area contributed by atoms with Gasteiger partial charge in [-0.15, -0.1) is 0 Å². The number of allylic oxidation sites excluding steroid dienone is 1. The van der Waals surface area contributed by atoms with Gasteiger partial charge in [0.2, 0.25) is 17.7 Å². The number of phosphoric ester groups is 1. The van der Waals surface area contributed by atoms with Gasteiger partial charge < -0.3 is 30.6 Å². The van der Waals surface area contributed by atoms with Crippen molar-refractivity contribution in [2.45, 2.75) is 163 Å². The molecule has 0 aromatic rings. The minimum atomic E-state index is -4.07. The molecule has 3 aliphatic rings. The second-order valence-electron chi connectivity index (χ2n) is 21.0. The predicted octanol–water partition coefficient (Wildman–Crippen LogP) is 8.30. The summed E-state index contributed by atoms with van der Waals surface area (Å²) < 4.78 is 22.5. The van der Waals surface area contributed by atoms with Crippen LogP contribution in [0.4, 0.5) is 0 Å². The van der Waals surface area contributed by atoms with Crippen molar-refractivity contribution in [3.8, 4) is 0 Å². The lowest BCUT2D eigenvalue weighted by atomic mass is 9.52. The number of quaternary nitrogens is 1. The quantitative estimate of drug-likeness (QED) is 0.0239. The van der Waals surface area contributed by atoms with Crippen molar-refractivity contribution in [2.24, 2.45) is 40.4 Å². The van der Waals surface area contributed by atoms with Crippen molar-refractivity contribution in [3.63, 3.8) is 0 Å². The molecule has 0 aromatic heterocycles. The van der Waals surface area contributed by atoms with E-state index in [9.17, 15) is 23.8 Å². The van der Waals surface area contributed by atoms with Gasteiger partial charge in [0.05, 0.1) is 27.7 Å². The third-order valence-corrected chi connectivity index (χ3v) is 15.1. The van der Waals surface area contributed by atoms with Gasteiger partial charge in [0, 0.05) is 44.9 Å². The zero-order valence-electron chi connectivity index (χ0n) is 39.5. The molecule has 0 aliphatic heterocycles. The molecular formula is C47H89N5O7P+. The molecule has 0 heterocycles. The summed E-state index contributed by atoms with van der Waals surface area (Å²) in [6.07, 6.45) is 20.5. The van der Waals surface area contributed by atoms with Gasteiger partial charge in [-0.25, -0.2) is 4.57 Å². The van der Waals surface area contributed by atoms with Gasteiger partial charge in [0.25, 0.3) is 0 Å². The molecule has 0 spiro atoms. The van der Waals surface area contributed by atoms with Crippen LogP contribution in [0.25, 0.3) is 0 Å². The Morgan fingerprint density at radius 3 is 2.10 bits per heavy atom. The Hall–Kier alpha value is -1.82. The smallest absolute Gasteiger partial charge is 0.356 e. The van der Waals surface area contributed by atoms with Crippen LogP contribution in [0.3, 0.4) is 0 Å². The van der Waals surface area contributed by atoms with Crippen LogP contribution >= 0.6 is 7.82 Å². The van der Waals surface area contributed by atoms with E-state index in [2.05, 4.69) is 68.9 Å². The highest BCUT2D eigenvalue weighted by molar-refractivity contribution is 7.47. The Labute approximate surface area is 365 Å². The van der Waals surface area contributed by atoms with Gasteiger partial charge in [-0.2, -0.15) is 0 Å². The minimum absolute atomic E-state index is 0.0760. The number of fused-ring (bicyclic) bond motifs is 3. The highest BCUT2D eigenvalue weighted by atomic mass is 31.2. The molecule has 0 radical (unpaired) electrons. The lowest BCUT2D eigenvalue weighted by Crippen LogP contribution is -2.47. The predicted molar refractivity (Wildman–Crippen MR) is 243 cm³/mol. The standard InChI is InChI=1S/C47H88N5O7P/c1-36(2)15-13-16-37(3)41-21-19-38-18-20-39-35-40(22-27-47(39,6)42(38)23-26-46(41,4)5)48-28-14-29-49-44(54)24-31-51-45(55)25-30-50-43(53)17-11-10-12-33-58-60(56,57)59-34-32-52(7,8)9/h20,36-38,40-42,48H,10-19,21-35H2,1-9H3,(H3-,49,50,51,53,54,55,56,57)/p+1/t37-,38?,40?,41?,42?,47?/m1/s1. The first-order valence-corrected chi connectivity index (χ1v) is 25.4. The molecule has 3 amide bonds. The molecule has 12 nitrogen and oxygen atoms in total. The minimum Gasteiger partial charge on any atom is -0.356 e. The van der Waals surface area contributed by atoms with Gasteiger partial charge in [0.1, 0.15) is 13.2 Å². The summed E-state index contributed by atoms with van der Waals surface area (Å²) >= 11 is 0. The van der Waals surface area contributed by atoms with E-state index in [1.54, 1.807) is 5.57 Å². The van der Waals surface area contributed by atoms with Crippen molar-refractivity contribution < 1.29 is 37.4 Å². The number of carbonyl (C=O) groups is 3. The van der Waals surface area contributed by atoms with Gasteiger partial charge in [-0.1, -0.05) is 78.9 Å². The van der Waals surface area contributed by atoms with Gasteiger partial charge in [-0.05, 0) is 118 Å². The van der Waals surface area contributed by atoms with E-state index in [4.69, 9.17) is 9.05 Å². The SMILES string of the molecule is CC(C)CCC[C@@H](C)C1CCC2CC=C3CC(NCCCNC(=O)CCNC(=O)CCNC(=O)CCCCCOP(=O)(O)OCC[N+](C)(C)C)CCC3(C)C2CCC1(C)C. The molecule has 5 N–H and O–H groups in total. The number of likely N-dealkylation sites (N-methyl/N-ethyl adjacent to an activating group) is 1. The second kappa shape index (κ2) is 25.5. The third kappa shape index (κ3) is 19.3. The maximum atomic E-state index is 12.4. The van der Waals surface area contributed by atoms with E-state index >= 15 is 0 Å². The maximum absolute atomic E-state index is 12.4. The highest BCUT2D eigenvalue weighted by Crippen LogP contribution is 2.58. The number of unbranched alkanes of at least 4 members (excludes halogenated alkanes) is 2. The maximum Gasteiger partial charge on any atom is 0.472 e. The van der Waals surface area contributed by atoms with Crippen LogP contribution in [-0.4, -0.2) is 100 Å². The largest absolute Gasteiger partial charge is 0.472 e. The summed E-state index contributed by atoms with van der Waals surface area (Å²) in [6, 6.07) is 0.502. The molecule has 0 bridgehead atoms. The Bertz CT molecular complexity index is 1400. The fourth-order valence-electron chi connectivity index (χ4n) is 10.3. The first-order chi connectivity index (χ1) is 28.2. The van der Waals surface area contributed by atoms with Gasteiger partial charge in [0.15, 0.2) is 0 Å². The number of hydrogen-bond acceptors (Lipinski definition) is 7. The van der Waals surface area contributed by atoms with Gasteiger partial charge in [-0.3, -0.25) is 23.4 Å². The zero-order chi connectivity index (χ0) is 44.4. The van der Waals surface area contributed by atoms with Crippen molar-refractivity contribution >= 4 is 25.5 Å². The number of amides is 3. The van der Waals surface area contributed by atoms with Crippen molar-refractivity contribution in [3.05, 3.63) is 11.6 Å². The van der Waals surface area contributed by atoms with Crippen LogP contribution in [0, 0.1) is 40.4 Å². The van der Waals surface area contributed by atoms with E-state index in [1.165, 1.54) is 64.2 Å². The van der Waals surface area contributed by atoms with Crippen molar-refractivity contribution in [2.75, 3.05) is 67.1 Å². The lowest BCUT2D eigenvalue weighted by molar-refractivity contribution is -0.870. The number of nitrogens with one attached hydrogen (secondary N) is 4. The molecule has 3 aliphatic carbocycles. The first-order valence-electron chi connectivity index (χ1n) is 23.9.